The second-order valence-corrected chi connectivity index (χ2v) is 8.27. The number of piperidine rings is 1. The SMILES string of the molecule is CSC(=Nc1cccc(OC2CCN(C(=O)O)C(C(C)(C)C)C2)c1)NC#N. The Morgan fingerprint density at radius 2 is 2.22 bits per heavy atom. The van der Waals surface area contributed by atoms with Crippen molar-refractivity contribution in [3.63, 3.8) is 0 Å². The first-order valence-corrected chi connectivity index (χ1v) is 10.0. The first kappa shape index (κ1) is 20.9. The number of carboxylic acid groups (broad SMARTS) is 1. The van der Waals surface area contributed by atoms with Crippen LogP contribution in [0, 0.1) is 16.9 Å². The minimum atomic E-state index is -0.876. The molecule has 7 nitrogen and oxygen atoms in total. The van der Waals surface area contributed by atoms with Gasteiger partial charge < -0.3 is 14.7 Å². The van der Waals surface area contributed by atoms with Crippen molar-refractivity contribution in [2.75, 3.05) is 12.8 Å². The number of carbonyl (C=O) groups is 1. The van der Waals surface area contributed by atoms with Crippen molar-refractivity contribution in [3.05, 3.63) is 24.3 Å². The molecule has 1 aromatic rings. The Morgan fingerprint density at radius 3 is 2.81 bits per heavy atom. The highest BCUT2D eigenvalue weighted by atomic mass is 32.2. The third-order valence-electron chi connectivity index (χ3n) is 4.51. The number of thioether (sulfide) groups is 1. The molecule has 2 unspecified atom stereocenters. The summed E-state index contributed by atoms with van der Waals surface area (Å²) in [6, 6.07) is 7.29. The van der Waals surface area contributed by atoms with Crippen LogP contribution >= 0.6 is 11.8 Å². The van der Waals surface area contributed by atoms with Gasteiger partial charge in [0.25, 0.3) is 0 Å². The molecule has 1 aliphatic rings. The number of nitrogens with one attached hydrogen (secondary N) is 1. The van der Waals surface area contributed by atoms with Gasteiger partial charge >= 0.3 is 6.09 Å². The third-order valence-corrected chi connectivity index (χ3v) is 5.09. The highest BCUT2D eigenvalue weighted by Gasteiger charge is 2.39. The number of hydrogen-bond donors (Lipinski definition) is 2. The van der Waals surface area contributed by atoms with Gasteiger partial charge in [0, 0.05) is 31.5 Å². The van der Waals surface area contributed by atoms with Crippen molar-refractivity contribution in [2.24, 2.45) is 10.4 Å². The molecule has 1 saturated heterocycles. The fraction of sp³-hybridized carbons (Fsp3) is 0.526. The van der Waals surface area contributed by atoms with Crippen molar-refractivity contribution in [1.29, 1.82) is 5.26 Å². The Hall–Kier alpha value is -2.40. The van der Waals surface area contributed by atoms with Crippen LogP contribution in [0.3, 0.4) is 0 Å². The van der Waals surface area contributed by atoms with Gasteiger partial charge in [-0.1, -0.05) is 38.6 Å². The summed E-state index contributed by atoms with van der Waals surface area (Å²) in [6.45, 7) is 6.62. The van der Waals surface area contributed by atoms with E-state index in [9.17, 15) is 9.90 Å². The number of nitriles is 1. The van der Waals surface area contributed by atoms with Crippen molar-refractivity contribution in [1.82, 2.24) is 10.2 Å². The van der Waals surface area contributed by atoms with E-state index in [-0.39, 0.29) is 17.6 Å². The average molecular weight is 391 g/mol. The van der Waals surface area contributed by atoms with Gasteiger partial charge in [-0.05, 0) is 23.8 Å². The van der Waals surface area contributed by atoms with Gasteiger partial charge in [0.2, 0.25) is 0 Å². The molecular weight excluding hydrogens is 364 g/mol. The molecule has 1 fully saturated rings. The predicted molar refractivity (Wildman–Crippen MR) is 107 cm³/mol. The van der Waals surface area contributed by atoms with Gasteiger partial charge in [0.1, 0.15) is 11.9 Å². The molecule has 2 atom stereocenters. The third kappa shape index (κ3) is 5.79. The molecule has 1 amide bonds. The molecule has 1 aromatic carbocycles. The van der Waals surface area contributed by atoms with Crippen LogP contribution < -0.4 is 10.1 Å². The van der Waals surface area contributed by atoms with Crippen LogP contribution in [0.25, 0.3) is 0 Å². The smallest absolute Gasteiger partial charge is 0.407 e. The lowest BCUT2D eigenvalue weighted by Gasteiger charge is -2.44. The van der Waals surface area contributed by atoms with Crippen LogP contribution in [-0.4, -0.2) is 46.2 Å². The van der Waals surface area contributed by atoms with Gasteiger partial charge in [0.15, 0.2) is 11.4 Å². The number of rotatable bonds is 3. The lowest BCUT2D eigenvalue weighted by molar-refractivity contribution is 0.0130. The molecule has 0 aliphatic carbocycles. The average Bonchev–Trinajstić information content (AvgIpc) is 2.60. The molecule has 1 aliphatic heterocycles. The number of amides is 1. The Bertz CT molecular complexity index is 739. The lowest BCUT2D eigenvalue weighted by atomic mass is 9.80. The molecule has 1 heterocycles. The summed E-state index contributed by atoms with van der Waals surface area (Å²) < 4.78 is 6.14. The van der Waals surface area contributed by atoms with E-state index >= 15 is 0 Å². The maximum Gasteiger partial charge on any atom is 0.407 e. The Kier molecular flexibility index (Phi) is 6.97. The summed E-state index contributed by atoms with van der Waals surface area (Å²) in [6.07, 6.45) is 4.08. The normalized spacial score (nSPS) is 20.7. The molecule has 8 heteroatoms. The van der Waals surface area contributed by atoms with E-state index in [1.54, 1.807) is 0 Å². The van der Waals surface area contributed by atoms with Crippen molar-refractivity contribution in [2.45, 2.75) is 45.8 Å². The van der Waals surface area contributed by atoms with Gasteiger partial charge in [-0.25, -0.2) is 9.79 Å². The van der Waals surface area contributed by atoms with E-state index in [2.05, 4.69) is 31.1 Å². The summed E-state index contributed by atoms with van der Waals surface area (Å²) in [5, 5.41) is 21.3. The predicted octanol–water partition coefficient (Wildman–Crippen LogP) is 4.04. The van der Waals surface area contributed by atoms with Crippen LogP contribution in [-0.2, 0) is 0 Å². The summed E-state index contributed by atoms with van der Waals surface area (Å²) in [5.41, 5.74) is 0.526. The zero-order valence-corrected chi connectivity index (χ0v) is 16.9. The largest absolute Gasteiger partial charge is 0.490 e. The molecule has 0 aromatic heterocycles. The van der Waals surface area contributed by atoms with Crippen LogP contribution in [0.4, 0.5) is 10.5 Å². The van der Waals surface area contributed by atoms with Crippen LogP contribution in [0.15, 0.2) is 29.3 Å². The van der Waals surface area contributed by atoms with E-state index in [1.165, 1.54) is 16.7 Å². The number of nitrogens with zero attached hydrogens (tertiary/aromatic N) is 3. The fourth-order valence-electron chi connectivity index (χ4n) is 3.20. The summed E-state index contributed by atoms with van der Waals surface area (Å²) >= 11 is 1.35. The quantitative estimate of drug-likeness (QED) is 0.350. The topological polar surface area (TPSA) is 97.9 Å². The molecule has 0 spiro atoms. The van der Waals surface area contributed by atoms with E-state index in [0.717, 1.165) is 0 Å². The van der Waals surface area contributed by atoms with Crippen molar-refractivity contribution < 1.29 is 14.6 Å². The number of amidine groups is 1. The van der Waals surface area contributed by atoms with Crippen LogP contribution in [0.5, 0.6) is 5.75 Å². The van der Waals surface area contributed by atoms with Crippen LogP contribution in [0.2, 0.25) is 0 Å². The first-order chi connectivity index (χ1) is 12.7. The monoisotopic (exact) mass is 390 g/mol. The number of likely N-dealkylation sites (tertiary alicyclic amines) is 1. The molecule has 0 saturated carbocycles. The Balaban J connectivity index is 2.12. The van der Waals surface area contributed by atoms with E-state index < -0.39 is 6.09 Å². The zero-order chi connectivity index (χ0) is 20.0. The van der Waals surface area contributed by atoms with E-state index in [1.807, 2.05) is 36.7 Å². The second-order valence-electron chi connectivity index (χ2n) is 7.48. The van der Waals surface area contributed by atoms with Crippen molar-refractivity contribution in [3.8, 4) is 11.9 Å². The number of hydrogen-bond acceptors (Lipinski definition) is 5. The van der Waals surface area contributed by atoms with Gasteiger partial charge in [-0.2, -0.15) is 5.26 Å². The maximum absolute atomic E-state index is 11.5. The first-order valence-electron chi connectivity index (χ1n) is 8.78. The van der Waals surface area contributed by atoms with Crippen LogP contribution in [0.1, 0.15) is 33.6 Å². The summed E-state index contributed by atoms with van der Waals surface area (Å²) in [4.78, 5) is 17.5. The van der Waals surface area contributed by atoms with E-state index in [4.69, 9.17) is 10.00 Å². The molecule has 0 bridgehead atoms. The molecule has 2 rings (SSSR count). The highest BCUT2D eigenvalue weighted by molar-refractivity contribution is 8.13. The fourth-order valence-corrected chi connectivity index (χ4v) is 3.54. The molecule has 2 N–H and O–H groups in total. The summed E-state index contributed by atoms with van der Waals surface area (Å²) in [7, 11) is 0. The Morgan fingerprint density at radius 1 is 1.48 bits per heavy atom. The van der Waals surface area contributed by atoms with Gasteiger partial charge in [0.05, 0.1) is 5.69 Å². The number of ether oxygens (including phenoxy) is 1. The maximum atomic E-state index is 11.5. The number of aliphatic imine (C=N–C) groups is 1. The Labute approximate surface area is 164 Å². The minimum Gasteiger partial charge on any atom is -0.490 e. The zero-order valence-electron chi connectivity index (χ0n) is 16.1. The molecule has 146 valence electrons. The molecular formula is C19H26N4O3S. The van der Waals surface area contributed by atoms with Gasteiger partial charge in [-0.3, -0.25) is 5.32 Å². The standard InChI is InChI=1S/C19H26N4O3S/c1-19(2,3)16-11-15(8-9-23(16)18(24)25)26-14-7-5-6-13(10-14)22-17(27-4)21-12-20/h5-7,10,15-16H,8-9,11H2,1-4H3,(H,21,22)(H,24,25). The highest BCUT2D eigenvalue weighted by Crippen LogP contribution is 2.34. The van der Waals surface area contributed by atoms with Gasteiger partial charge in [-0.15, -0.1) is 0 Å². The second kappa shape index (κ2) is 9.00. The molecule has 0 radical (unpaired) electrons. The summed E-state index contributed by atoms with van der Waals surface area (Å²) in [5.74, 6) is 0.690. The van der Waals surface area contributed by atoms with Crippen molar-refractivity contribution >= 4 is 28.7 Å². The number of benzene rings is 1. The van der Waals surface area contributed by atoms with E-state index in [0.29, 0.717) is 36.0 Å². The minimum absolute atomic E-state index is 0.0543. The molecule has 27 heavy (non-hydrogen) atoms. The lowest BCUT2D eigenvalue weighted by Crippen LogP contribution is -2.53.